The van der Waals surface area contributed by atoms with Gasteiger partial charge < -0.3 is 20.9 Å². The smallest absolute Gasteiger partial charge is 0.328 e. The lowest BCUT2D eigenvalue weighted by Gasteiger charge is -2.19. The fourth-order valence-corrected chi connectivity index (χ4v) is 0.912. The summed E-state index contributed by atoms with van der Waals surface area (Å²) in [5, 5.41) is 11.0. The van der Waals surface area contributed by atoms with E-state index in [0.29, 0.717) is 0 Å². The van der Waals surface area contributed by atoms with Crippen LogP contribution in [0.1, 0.15) is 13.8 Å². The van der Waals surface area contributed by atoms with Gasteiger partial charge in [-0.25, -0.2) is 4.79 Å². The van der Waals surface area contributed by atoms with Crippen molar-refractivity contribution in [2.45, 2.75) is 25.9 Å². The molecule has 2 atom stereocenters. The van der Waals surface area contributed by atoms with Gasteiger partial charge in [-0.3, -0.25) is 4.79 Å². The predicted molar refractivity (Wildman–Crippen MR) is 54.3 cm³/mol. The quantitative estimate of drug-likeness (QED) is 0.541. The maximum absolute atomic E-state index is 11.4. The molecule has 0 heterocycles. The van der Waals surface area contributed by atoms with Crippen molar-refractivity contribution in [2.75, 3.05) is 13.7 Å². The summed E-state index contributed by atoms with van der Waals surface area (Å²) < 4.78 is 4.67. The second-order valence-electron chi connectivity index (χ2n) is 3.62. The molecule has 0 aromatic rings. The highest BCUT2D eigenvalue weighted by Gasteiger charge is 2.24. The molecular weight excluding hydrogens is 200 g/mol. The number of aliphatic carboxylic acids is 1. The number of methoxy groups -OCH3 is 1. The lowest BCUT2D eigenvalue weighted by Crippen LogP contribution is -2.51. The average molecular weight is 218 g/mol. The molecule has 0 saturated heterocycles. The minimum Gasteiger partial charge on any atom is -0.480 e. The first-order valence-electron chi connectivity index (χ1n) is 4.67. The number of carbonyl (C=O) groups excluding carboxylic acids is 1. The van der Waals surface area contributed by atoms with E-state index in [0.717, 1.165) is 0 Å². The lowest BCUT2D eigenvalue weighted by atomic mass is 10.0. The number of hydrogen-bond donors (Lipinski definition) is 3. The molecule has 6 nitrogen and oxygen atoms in total. The van der Waals surface area contributed by atoms with Crippen LogP contribution in [-0.4, -0.2) is 42.8 Å². The molecule has 1 unspecified atom stereocenters. The molecule has 0 saturated carbocycles. The number of rotatable bonds is 6. The topological polar surface area (TPSA) is 102 Å². The zero-order valence-electron chi connectivity index (χ0n) is 9.19. The molecule has 0 spiro atoms. The molecule has 0 bridgehead atoms. The van der Waals surface area contributed by atoms with Crippen LogP contribution in [0.3, 0.4) is 0 Å². The van der Waals surface area contributed by atoms with E-state index in [1.54, 1.807) is 13.8 Å². The molecule has 88 valence electrons. The molecule has 6 heteroatoms. The van der Waals surface area contributed by atoms with E-state index in [4.69, 9.17) is 10.8 Å². The third kappa shape index (κ3) is 4.75. The van der Waals surface area contributed by atoms with Crippen LogP contribution in [-0.2, 0) is 14.3 Å². The first-order chi connectivity index (χ1) is 6.90. The van der Waals surface area contributed by atoms with Crippen LogP contribution < -0.4 is 11.1 Å². The Bertz CT molecular complexity index is 230. The molecule has 0 rings (SSSR count). The minimum atomic E-state index is -1.14. The summed E-state index contributed by atoms with van der Waals surface area (Å²) in [6.07, 6.45) is 0. The van der Waals surface area contributed by atoms with Crippen LogP contribution in [0.4, 0.5) is 0 Å². The third-order valence-electron chi connectivity index (χ3n) is 1.97. The summed E-state index contributed by atoms with van der Waals surface area (Å²) in [6.45, 7) is 3.50. The molecule has 0 aliphatic carbocycles. The number of hydrogen-bond acceptors (Lipinski definition) is 4. The van der Waals surface area contributed by atoms with Crippen LogP contribution in [0, 0.1) is 5.92 Å². The van der Waals surface area contributed by atoms with Gasteiger partial charge in [-0.2, -0.15) is 0 Å². The standard InChI is InChI=1S/C9H18N2O4/c1-5(2)7(10)8(12)11-6(4-15-3)9(13)14/h5-7H,4,10H2,1-3H3,(H,11,12)(H,13,14)/t6?,7-/m0/s1. The van der Waals surface area contributed by atoms with Gasteiger partial charge in [-0.1, -0.05) is 13.8 Å². The Balaban J connectivity index is 4.28. The van der Waals surface area contributed by atoms with E-state index in [9.17, 15) is 9.59 Å². The van der Waals surface area contributed by atoms with Crippen molar-refractivity contribution in [1.82, 2.24) is 5.32 Å². The highest BCUT2D eigenvalue weighted by Crippen LogP contribution is 1.98. The fourth-order valence-electron chi connectivity index (χ4n) is 0.912. The van der Waals surface area contributed by atoms with Crippen LogP contribution in [0.25, 0.3) is 0 Å². The van der Waals surface area contributed by atoms with Gasteiger partial charge >= 0.3 is 5.97 Å². The van der Waals surface area contributed by atoms with Crippen molar-refractivity contribution in [3.05, 3.63) is 0 Å². The number of nitrogens with one attached hydrogen (secondary N) is 1. The van der Waals surface area contributed by atoms with Gasteiger partial charge in [0.1, 0.15) is 0 Å². The first-order valence-corrected chi connectivity index (χ1v) is 4.67. The molecule has 15 heavy (non-hydrogen) atoms. The average Bonchev–Trinajstić information content (AvgIpc) is 2.15. The van der Waals surface area contributed by atoms with Gasteiger partial charge in [0.15, 0.2) is 6.04 Å². The number of ether oxygens (including phenoxy) is 1. The maximum atomic E-state index is 11.4. The van der Waals surface area contributed by atoms with Crippen LogP contribution in [0.2, 0.25) is 0 Å². The molecule has 4 N–H and O–H groups in total. The predicted octanol–water partition coefficient (Wildman–Crippen LogP) is -0.814. The van der Waals surface area contributed by atoms with E-state index in [1.165, 1.54) is 7.11 Å². The van der Waals surface area contributed by atoms with E-state index in [2.05, 4.69) is 10.1 Å². The van der Waals surface area contributed by atoms with E-state index < -0.39 is 24.0 Å². The number of carboxylic acid groups (broad SMARTS) is 1. The highest BCUT2D eigenvalue weighted by atomic mass is 16.5. The van der Waals surface area contributed by atoms with Crippen LogP contribution in [0.15, 0.2) is 0 Å². The summed E-state index contributed by atoms with van der Waals surface area (Å²) in [7, 11) is 1.37. The molecule has 0 aromatic heterocycles. The molecular formula is C9H18N2O4. The SMILES string of the molecule is COCC(NC(=O)[C@@H](N)C(C)C)C(=O)O. The molecule has 0 aliphatic rings. The van der Waals surface area contributed by atoms with Crippen molar-refractivity contribution in [2.24, 2.45) is 11.7 Å². The molecule has 0 aliphatic heterocycles. The summed E-state index contributed by atoms with van der Waals surface area (Å²) in [5.74, 6) is -1.66. The fraction of sp³-hybridized carbons (Fsp3) is 0.778. The zero-order valence-corrected chi connectivity index (χ0v) is 9.19. The molecule has 0 radical (unpaired) electrons. The van der Waals surface area contributed by atoms with Gasteiger partial charge in [0, 0.05) is 7.11 Å². The summed E-state index contributed by atoms with van der Waals surface area (Å²) in [5.41, 5.74) is 5.56. The first kappa shape index (κ1) is 13.9. The van der Waals surface area contributed by atoms with E-state index in [-0.39, 0.29) is 12.5 Å². The van der Waals surface area contributed by atoms with Gasteiger partial charge in [0.25, 0.3) is 0 Å². The molecule has 1 amide bonds. The van der Waals surface area contributed by atoms with Gasteiger partial charge in [0.2, 0.25) is 5.91 Å². The summed E-state index contributed by atoms with van der Waals surface area (Å²) in [4.78, 5) is 22.1. The van der Waals surface area contributed by atoms with Crippen molar-refractivity contribution in [3.63, 3.8) is 0 Å². The Morgan fingerprint density at radius 2 is 2.00 bits per heavy atom. The number of amides is 1. The highest BCUT2D eigenvalue weighted by molar-refractivity contribution is 5.86. The van der Waals surface area contributed by atoms with Gasteiger partial charge in [-0.15, -0.1) is 0 Å². The van der Waals surface area contributed by atoms with Gasteiger partial charge in [0.05, 0.1) is 12.6 Å². The summed E-state index contributed by atoms with van der Waals surface area (Å²) in [6, 6.07) is -1.75. The largest absolute Gasteiger partial charge is 0.480 e. The third-order valence-corrected chi connectivity index (χ3v) is 1.97. The Kier molecular flexibility index (Phi) is 5.88. The van der Waals surface area contributed by atoms with Crippen LogP contribution >= 0.6 is 0 Å². The van der Waals surface area contributed by atoms with Crippen molar-refractivity contribution in [1.29, 1.82) is 0 Å². The normalized spacial score (nSPS) is 14.7. The Morgan fingerprint density at radius 1 is 1.47 bits per heavy atom. The number of carbonyl (C=O) groups is 2. The number of carboxylic acids is 1. The van der Waals surface area contributed by atoms with Gasteiger partial charge in [-0.05, 0) is 5.92 Å². The summed E-state index contributed by atoms with van der Waals surface area (Å²) >= 11 is 0. The second-order valence-corrected chi connectivity index (χ2v) is 3.62. The lowest BCUT2D eigenvalue weighted by molar-refractivity contribution is -0.143. The van der Waals surface area contributed by atoms with E-state index in [1.807, 2.05) is 0 Å². The Morgan fingerprint density at radius 3 is 2.33 bits per heavy atom. The number of nitrogens with two attached hydrogens (primary N) is 1. The zero-order chi connectivity index (χ0) is 12.0. The second kappa shape index (κ2) is 6.36. The monoisotopic (exact) mass is 218 g/mol. The molecule has 0 aromatic carbocycles. The minimum absolute atomic E-state index is 0.0398. The van der Waals surface area contributed by atoms with Crippen molar-refractivity contribution in [3.8, 4) is 0 Å². The Hall–Kier alpha value is -1.14. The van der Waals surface area contributed by atoms with Crippen molar-refractivity contribution < 1.29 is 19.4 Å². The maximum Gasteiger partial charge on any atom is 0.328 e. The van der Waals surface area contributed by atoms with Crippen molar-refractivity contribution >= 4 is 11.9 Å². The van der Waals surface area contributed by atoms with E-state index >= 15 is 0 Å². The Labute approximate surface area is 88.8 Å². The molecule has 0 fully saturated rings. The van der Waals surface area contributed by atoms with Crippen LogP contribution in [0.5, 0.6) is 0 Å².